The molecule has 0 aliphatic carbocycles. The molecule has 0 spiro atoms. The maximum atomic E-state index is 10.5. The van der Waals surface area contributed by atoms with Crippen LogP contribution in [0.2, 0.25) is 0 Å². The molecule has 0 radical (unpaired) electrons. The normalized spacial score (nSPS) is 11.8. The minimum absolute atomic E-state index is 0.0151. The Morgan fingerprint density at radius 1 is 1.67 bits per heavy atom. The summed E-state index contributed by atoms with van der Waals surface area (Å²) in [5.41, 5.74) is 0. The Kier molecular flexibility index (Phi) is 3.82. The molecule has 0 aliphatic rings. The molecule has 12 heavy (non-hydrogen) atoms. The van der Waals surface area contributed by atoms with Crippen molar-refractivity contribution in [3.63, 3.8) is 0 Å². The SMILES string of the molecule is O=S(=O)(Cl)CCSc1nccs1. The molecule has 68 valence electrons. The zero-order valence-electron chi connectivity index (χ0n) is 5.94. The molecule has 7 heteroatoms. The van der Waals surface area contributed by atoms with Crippen LogP contribution in [0.5, 0.6) is 0 Å². The highest BCUT2D eigenvalue weighted by Gasteiger charge is 2.05. The lowest BCUT2D eigenvalue weighted by molar-refractivity contribution is 0.611. The topological polar surface area (TPSA) is 47.0 Å². The molecule has 3 nitrogen and oxygen atoms in total. The summed E-state index contributed by atoms with van der Waals surface area (Å²) in [6.45, 7) is 0. The van der Waals surface area contributed by atoms with Gasteiger partial charge < -0.3 is 0 Å². The molecule has 0 aliphatic heterocycles. The largest absolute Gasteiger partial charge is 0.238 e. The lowest BCUT2D eigenvalue weighted by Crippen LogP contribution is -1.99. The van der Waals surface area contributed by atoms with Gasteiger partial charge in [0.15, 0.2) is 0 Å². The lowest BCUT2D eigenvalue weighted by atomic mass is 11.0. The van der Waals surface area contributed by atoms with Crippen LogP contribution in [0.25, 0.3) is 0 Å². The Labute approximate surface area is 83.6 Å². The summed E-state index contributed by atoms with van der Waals surface area (Å²) in [6.07, 6.45) is 1.68. The van der Waals surface area contributed by atoms with E-state index < -0.39 is 9.05 Å². The molecular weight excluding hydrogens is 238 g/mol. The number of thioether (sulfide) groups is 1. The lowest BCUT2D eigenvalue weighted by Gasteiger charge is -1.93. The van der Waals surface area contributed by atoms with Crippen LogP contribution in [0.3, 0.4) is 0 Å². The summed E-state index contributed by atoms with van der Waals surface area (Å²) < 4.78 is 21.9. The molecule has 0 saturated carbocycles. The second-order valence-electron chi connectivity index (χ2n) is 1.89. The molecule has 0 N–H and O–H groups in total. The van der Waals surface area contributed by atoms with Crippen molar-refractivity contribution in [1.82, 2.24) is 4.98 Å². The second-order valence-corrected chi connectivity index (χ2v) is 7.02. The number of aromatic nitrogens is 1. The van der Waals surface area contributed by atoms with Crippen LogP contribution in [0.15, 0.2) is 15.9 Å². The summed E-state index contributed by atoms with van der Waals surface area (Å²) in [5, 5.41) is 1.84. The van der Waals surface area contributed by atoms with Crippen LogP contribution in [-0.2, 0) is 9.05 Å². The van der Waals surface area contributed by atoms with Gasteiger partial charge in [0.05, 0.1) is 5.75 Å². The van der Waals surface area contributed by atoms with Crippen LogP contribution in [0, 0.1) is 0 Å². The van der Waals surface area contributed by atoms with Gasteiger partial charge in [0.1, 0.15) is 4.34 Å². The monoisotopic (exact) mass is 243 g/mol. The molecule has 0 aromatic carbocycles. The van der Waals surface area contributed by atoms with E-state index in [2.05, 4.69) is 4.98 Å². The van der Waals surface area contributed by atoms with Crippen LogP contribution < -0.4 is 0 Å². The molecular formula is C5H6ClNO2S3. The standard InChI is InChI=1S/C5H6ClNO2S3/c6-12(8,9)4-3-11-5-7-1-2-10-5/h1-2H,3-4H2. The van der Waals surface area contributed by atoms with Gasteiger partial charge >= 0.3 is 0 Å². The number of hydrogen-bond donors (Lipinski definition) is 0. The molecule has 1 aromatic rings. The predicted molar refractivity (Wildman–Crippen MR) is 52.5 cm³/mol. The Morgan fingerprint density at radius 3 is 2.92 bits per heavy atom. The second kappa shape index (κ2) is 4.45. The van der Waals surface area contributed by atoms with Crippen molar-refractivity contribution in [2.24, 2.45) is 0 Å². The van der Waals surface area contributed by atoms with E-state index in [4.69, 9.17) is 10.7 Å². The van der Waals surface area contributed by atoms with Crippen LogP contribution >= 0.6 is 33.8 Å². The van der Waals surface area contributed by atoms with E-state index in [1.807, 2.05) is 5.38 Å². The molecule has 0 saturated heterocycles. The van der Waals surface area contributed by atoms with Gasteiger partial charge in [-0.25, -0.2) is 13.4 Å². The zero-order valence-corrected chi connectivity index (χ0v) is 9.14. The molecule has 1 aromatic heterocycles. The van der Waals surface area contributed by atoms with Crippen molar-refractivity contribution < 1.29 is 8.42 Å². The maximum absolute atomic E-state index is 10.5. The quantitative estimate of drug-likeness (QED) is 0.598. The van der Waals surface area contributed by atoms with Gasteiger partial charge in [-0.05, 0) is 0 Å². The van der Waals surface area contributed by atoms with Crippen molar-refractivity contribution in [3.05, 3.63) is 11.6 Å². The summed E-state index contributed by atoms with van der Waals surface area (Å²) in [6, 6.07) is 0. The van der Waals surface area contributed by atoms with E-state index in [9.17, 15) is 8.42 Å². The summed E-state index contributed by atoms with van der Waals surface area (Å²) >= 11 is 2.89. The smallest absolute Gasteiger partial charge is 0.233 e. The third-order valence-electron chi connectivity index (χ3n) is 0.962. The summed E-state index contributed by atoms with van der Waals surface area (Å²) in [7, 11) is 1.67. The molecule has 0 fully saturated rings. The average Bonchev–Trinajstić information content (AvgIpc) is 2.36. The highest BCUT2D eigenvalue weighted by atomic mass is 35.7. The van der Waals surface area contributed by atoms with Crippen molar-refractivity contribution in [3.8, 4) is 0 Å². The van der Waals surface area contributed by atoms with Gasteiger partial charge in [-0.3, -0.25) is 0 Å². The van der Waals surface area contributed by atoms with E-state index in [1.165, 1.54) is 23.1 Å². The Morgan fingerprint density at radius 2 is 2.42 bits per heavy atom. The third-order valence-corrected chi connectivity index (χ3v) is 4.34. The van der Waals surface area contributed by atoms with Gasteiger partial charge in [-0.2, -0.15) is 0 Å². The first-order valence-corrected chi connectivity index (χ1v) is 7.37. The Hall–Kier alpha value is 0.220. The van der Waals surface area contributed by atoms with Gasteiger partial charge in [0.2, 0.25) is 9.05 Å². The average molecular weight is 244 g/mol. The van der Waals surface area contributed by atoms with Crippen LogP contribution in [0.4, 0.5) is 0 Å². The van der Waals surface area contributed by atoms with Gasteiger partial charge in [0, 0.05) is 28.0 Å². The minimum Gasteiger partial charge on any atom is -0.238 e. The molecule has 0 unspecified atom stereocenters. The van der Waals surface area contributed by atoms with E-state index in [-0.39, 0.29) is 5.75 Å². The van der Waals surface area contributed by atoms with E-state index in [1.54, 1.807) is 6.20 Å². The highest BCUT2D eigenvalue weighted by Crippen LogP contribution is 2.20. The molecule has 1 heterocycles. The molecule has 1 rings (SSSR count). The zero-order chi connectivity index (χ0) is 9.03. The van der Waals surface area contributed by atoms with Crippen molar-refractivity contribution in [1.29, 1.82) is 0 Å². The summed E-state index contributed by atoms with van der Waals surface area (Å²) in [5.74, 6) is 0.443. The molecule has 0 amide bonds. The van der Waals surface area contributed by atoms with Gasteiger partial charge in [-0.15, -0.1) is 11.3 Å². The third kappa shape index (κ3) is 4.30. The fourth-order valence-electron chi connectivity index (χ4n) is 0.510. The number of nitrogens with zero attached hydrogens (tertiary/aromatic N) is 1. The van der Waals surface area contributed by atoms with E-state index in [0.717, 1.165) is 4.34 Å². The van der Waals surface area contributed by atoms with Gasteiger partial charge in [-0.1, -0.05) is 11.8 Å². The first-order valence-electron chi connectivity index (χ1n) is 3.02. The minimum atomic E-state index is -3.35. The van der Waals surface area contributed by atoms with Crippen molar-refractivity contribution in [2.45, 2.75) is 4.34 Å². The van der Waals surface area contributed by atoms with Crippen LogP contribution in [0.1, 0.15) is 0 Å². The fourth-order valence-corrected chi connectivity index (χ4v) is 3.57. The van der Waals surface area contributed by atoms with Gasteiger partial charge in [0.25, 0.3) is 0 Å². The first-order chi connectivity index (χ1) is 5.58. The maximum Gasteiger partial charge on any atom is 0.233 e. The number of halogens is 1. The summed E-state index contributed by atoms with van der Waals surface area (Å²) in [4.78, 5) is 3.98. The Balaban J connectivity index is 2.29. The number of hydrogen-bond acceptors (Lipinski definition) is 5. The number of thiazole rings is 1. The van der Waals surface area contributed by atoms with Crippen molar-refractivity contribution >= 4 is 42.8 Å². The van der Waals surface area contributed by atoms with Crippen LogP contribution in [-0.4, -0.2) is 24.9 Å². The molecule has 0 bridgehead atoms. The predicted octanol–water partition coefficient (Wildman–Crippen LogP) is 1.80. The van der Waals surface area contributed by atoms with Crippen molar-refractivity contribution in [2.75, 3.05) is 11.5 Å². The molecule has 0 atom stereocenters. The van der Waals surface area contributed by atoms with E-state index >= 15 is 0 Å². The first kappa shape index (κ1) is 10.3. The fraction of sp³-hybridized carbons (Fsp3) is 0.400. The Bertz CT molecular complexity index is 320. The van der Waals surface area contributed by atoms with E-state index in [0.29, 0.717) is 5.75 Å². The highest BCUT2D eigenvalue weighted by molar-refractivity contribution is 8.14. The number of rotatable bonds is 4.